The summed E-state index contributed by atoms with van der Waals surface area (Å²) in [5.41, 5.74) is 0. The van der Waals surface area contributed by atoms with Crippen LogP contribution in [-0.4, -0.2) is 35.0 Å². The molecule has 1 aliphatic rings. The van der Waals surface area contributed by atoms with Crippen molar-refractivity contribution in [2.24, 2.45) is 0 Å². The molecule has 0 unspecified atom stereocenters. The van der Waals surface area contributed by atoms with Gasteiger partial charge in [0, 0.05) is 31.1 Å². The number of thioether (sulfide) groups is 1. The molecule has 0 bridgehead atoms. The number of ether oxygens (including phenoxy) is 1. The number of nitrogens with zero attached hydrogens (tertiary/aromatic N) is 2. The Morgan fingerprint density at radius 3 is 2.89 bits per heavy atom. The number of aromatic nitrogens is 2. The molecule has 0 aliphatic carbocycles. The molecule has 2 heterocycles. The quantitative estimate of drug-likeness (QED) is 0.831. The van der Waals surface area contributed by atoms with Gasteiger partial charge in [-0.05, 0) is 26.2 Å². The van der Waals surface area contributed by atoms with E-state index >= 15 is 0 Å². The Bertz CT molecular complexity index is 380. The summed E-state index contributed by atoms with van der Waals surface area (Å²) < 4.78 is 5.38. The highest BCUT2D eigenvalue weighted by Gasteiger charge is 2.16. The molecule has 18 heavy (non-hydrogen) atoms. The summed E-state index contributed by atoms with van der Waals surface area (Å²) in [5.74, 6) is 1.78. The molecule has 0 saturated carbocycles. The van der Waals surface area contributed by atoms with Gasteiger partial charge >= 0.3 is 0 Å². The zero-order chi connectivity index (χ0) is 12.8. The van der Waals surface area contributed by atoms with Gasteiger partial charge in [-0.2, -0.15) is 0 Å². The fraction of sp³-hybridized carbons (Fsp3) is 0.692. The molecule has 100 valence electrons. The van der Waals surface area contributed by atoms with Crippen LogP contribution in [0.25, 0.3) is 0 Å². The molecule has 0 aromatic carbocycles. The number of anilines is 1. The van der Waals surface area contributed by atoms with Crippen molar-refractivity contribution < 1.29 is 4.74 Å². The third kappa shape index (κ3) is 4.14. The fourth-order valence-corrected chi connectivity index (χ4v) is 3.04. The second-order valence-electron chi connectivity index (χ2n) is 4.49. The standard InChI is InChI=1S/C13H21N3OS/c1-3-6-14-12-9-13(16-10(2)15-12)18-11-4-7-17-8-5-11/h9,11H,3-8H2,1-2H3,(H,14,15,16). The van der Waals surface area contributed by atoms with Gasteiger partial charge in [-0.15, -0.1) is 11.8 Å². The third-order valence-electron chi connectivity index (χ3n) is 2.83. The summed E-state index contributed by atoms with van der Waals surface area (Å²) in [6, 6.07) is 2.06. The highest BCUT2D eigenvalue weighted by atomic mass is 32.2. The summed E-state index contributed by atoms with van der Waals surface area (Å²) in [4.78, 5) is 8.91. The van der Waals surface area contributed by atoms with Gasteiger partial charge in [0.05, 0.1) is 0 Å². The Balaban J connectivity index is 1.99. The molecule has 0 amide bonds. The number of nitrogens with one attached hydrogen (secondary N) is 1. The predicted octanol–water partition coefficient (Wildman–Crippen LogP) is 2.88. The lowest BCUT2D eigenvalue weighted by molar-refractivity contribution is 0.1000. The van der Waals surface area contributed by atoms with Crippen LogP contribution in [0.2, 0.25) is 0 Å². The lowest BCUT2D eigenvalue weighted by atomic mass is 10.2. The van der Waals surface area contributed by atoms with E-state index in [-0.39, 0.29) is 0 Å². The average molecular weight is 267 g/mol. The molecule has 0 atom stereocenters. The van der Waals surface area contributed by atoms with Crippen molar-refractivity contribution >= 4 is 17.6 Å². The van der Waals surface area contributed by atoms with Gasteiger partial charge in [0.1, 0.15) is 16.7 Å². The Morgan fingerprint density at radius 1 is 1.39 bits per heavy atom. The van der Waals surface area contributed by atoms with E-state index in [0.29, 0.717) is 5.25 Å². The van der Waals surface area contributed by atoms with E-state index in [2.05, 4.69) is 28.3 Å². The van der Waals surface area contributed by atoms with E-state index < -0.39 is 0 Å². The molecule has 0 radical (unpaired) electrons. The first-order valence-electron chi connectivity index (χ1n) is 6.62. The van der Waals surface area contributed by atoms with E-state index in [1.54, 1.807) is 0 Å². The monoisotopic (exact) mass is 267 g/mol. The van der Waals surface area contributed by atoms with Gasteiger partial charge in [-0.25, -0.2) is 9.97 Å². The van der Waals surface area contributed by atoms with E-state index in [0.717, 1.165) is 55.7 Å². The Kier molecular flexibility index (Phi) is 5.26. The van der Waals surface area contributed by atoms with Crippen LogP contribution in [-0.2, 0) is 4.74 Å². The molecular formula is C13H21N3OS. The van der Waals surface area contributed by atoms with Gasteiger partial charge < -0.3 is 10.1 Å². The lowest BCUT2D eigenvalue weighted by Crippen LogP contribution is -2.17. The first kappa shape index (κ1) is 13.6. The molecule has 1 saturated heterocycles. The van der Waals surface area contributed by atoms with E-state index in [4.69, 9.17) is 4.74 Å². The summed E-state index contributed by atoms with van der Waals surface area (Å²) in [6.07, 6.45) is 3.34. The highest BCUT2D eigenvalue weighted by Crippen LogP contribution is 2.29. The molecule has 2 rings (SSSR count). The Hall–Kier alpha value is -0.810. The van der Waals surface area contributed by atoms with Crippen molar-refractivity contribution in [3.63, 3.8) is 0 Å². The first-order valence-corrected chi connectivity index (χ1v) is 7.50. The maximum atomic E-state index is 5.38. The van der Waals surface area contributed by atoms with Crippen LogP contribution in [0.5, 0.6) is 0 Å². The van der Waals surface area contributed by atoms with Crippen molar-refractivity contribution in [1.29, 1.82) is 0 Å². The van der Waals surface area contributed by atoms with E-state index in [9.17, 15) is 0 Å². The van der Waals surface area contributed by atoms with Gasteiger partial charge in [0.2, 0.25) is 0 Å². The van der Waals surface area contributed by atoms with Crippen molar-refractivity contribution in [2.45, 2.75) is 43.4 Å². The van der Waals surface area contributed by atoms with Crippen molar-refractivity contribution in [1.82, 2.24) is 9.97 Å². The topological polar surface area (TPSA) is 47.0 Å². The van der Waals surface area contributed by atoms with Gasteiger partial charge in [0.25, 0.3) is 0 Å². The molecular weight excluding hydrogens is 246 g/mol. The van der Waals surface area contributed by atoms with Crippen LogP contribution in [0, 0.1) is 6.92 Å². The summed E-state index contributed by atoms with van der Waals surface area (Å²) in [5, 5.41) is 5.03. The lowest BCUT2D eigenvalue weighted by Gasteiger charge is -2.21. The minimum Gasteiger partial charge on any atom is -0.381 e. The summed E-state index contributed by atoms with van der Waals surface area (Å²) in [6.45, 7) is 6.81. The zero-order valence-corrected chi connectivity index (χ0v) is 11.9. The minimum absolute atomic E-state index is 0.632. The van der Waals surface area contributed by atoms with Gasteiger partial charge in [-0.3, -0.25) is 0 Å². The molecule has 1 aliphatic heterocycles. The maximum absolute atomic E-state index is 5.38. The van der Waals surface area contributed by atoms with Crippen LogP contribution in [0.3, 0.4) is 0 Å². The molecule has 4 nitrogen and oxygen atoms in total. The summed E-state index contributed by atoms with van der Waals surface area (Å²) in [7, 11) is 0. The van der Waals surface area contributed by atoms with Crippen LogP contribution < -0.4 is 5.32 Å². The van der Waals surface area contributed by atoms with Crippen LogP contribution >= 0.6 is 11.8 Å². The van der Waals surface area contributed by atoms with E-state index in [1.165, 1.54) is 0 Å². The smallest absolute Gasteiger partial charge is 0.130 e. The predicted molar refractivity (Wildman–Crippen MR) is 75.2 cm³/mol. The minimum atomic E-state index is 0.632. The zero-order valence-electron chi connectivity index (χ0n) is 11.1. The van der Waals surface area contributed by atoms with Gasteiger partial charge in [0.15, 0.2) is 0 Å². The van der Waals surface area contributed by atoms with Crippen LogP contribution in [0.15, 0.2) is 11.1 Å². The van der Waals surface area contributed by atoms with Crippen molar-refractivity contribution in [2.75, 3.05) is 25.1 Å². The highest BCUT2D eigenvalue weighted by molar-refractivity contribution is 7.99. The molecule has 1 N–H and O–H groups in total. The SMILES string of the molecule is CCCNc1cc(SC2CCOCC2)nc(C)n1. The second kappa shape index (κ2) is 6.95. The van der Waals surface area contributed by atoms with Crippen LogP contribution in [0.4, 0.5) is 5.82 Å². The molecule has 5 heteroatoms. The Labute approximate surface area is 113 Å². The van der Waals surface area contributed by atoms with Gasteiger partial charge in [-0.1, -0.05) is 6.92 Å². The molecule has 1 aromatic heterocycles. The number of aryl methyl sites for hydroxylation is 1. The van der Waals surface area contributed by atoms with Crippen LogP contribution in [0.1, 0.15) is 32.0 Å². The first-order chi connectivity index (χ1) is 8.78. The maximum Gasteiger partial charge on any atom is 0.130 e. The van der Waals surface area contributed by atoms with Crippen molar-refractivity contribution in [3.05, 3.63) is 11.9 Å². The third-order valence-corrected chi connectivity index (χ3v) is 4.08. The molecule has 1 fully saturated rings. The number of rotatable bonds is 5. The summed E-state index contributed by atoms with van der Waals surface area (Å²) >= 11 is 1.86. The second-order valence-corrected chi connectivity index (χ2v) is 5.82. The number of hydrogen-bond donors (Lipinski definition) is 1. The van der Waals surface area contributed by atoms with E-state index in [1.807, 2.05) is 18.7 Å². The molecule has 1 aromatic rings. The number of hydrogen-bond acceptors (Lipinski definition) is 5. The van der Waals surface area contributed by atoms with Crippen molar-refractivity contribution in [3.8, 4) is 0 Å². The largest absolute Gasteiger partial charge is 0.381 e. The average Bonchev–Trinajstić information content (AvgIpc) is 2.37. The molecule has 0 spiro atoms. The fourth-order valence-electron chi connectivity index (χ4n) is 1.91. The normalized spacial score (nSPS) is 16.8. The Morgan fingerprint density at radius 2 is 2.17 bits per heavy atom.